The van der Waals surface area contributed by atoms with E-state index in [4.69, 9.17) is 0 Å². The van der Waals surface area contributed by atoms with Gasteiger partial charge in [0.05, 0.1) is 0 Å². The SMILES string of the molecule is O=CCOC(=O)N1CCC1. The van der Waals surface area contributed by atoms with Crippen LogP contribution in [-0.4, -0.2) is 37.0 Å². The number of amides is 1. The predicted octanol–water partition coefficient (Wildman–Crippen LogP) is 0.0276. The minimum Gasteiger partial charge on any atom is -0.442 e. The predicted molar refractivity (Wildman–Crippen MR) is 33.6 cm³/mol. The van der Waals surface area contributed by atoms with E-state index in [1.54, 1.807) is 4.90 Å². The molecule has 1 saturated heterocycles. The van der Waals surface area contributed by atoms with E-state index in [-0.39, 0.29) is 12.7 Å². The lowest BCUT2D eigenvalue weighted by Crippen LogP contribution is -2.42. The summed E-state index contributed by atoms with van der Waals surface area (Å²) >= 11 is 0. The van der Waals surface area contributed by atoms with Crippen LogP contribution in [0.3, 0.4) is 0 Å². The summed E-state index contributed by atoms with van der Waals surface area (Å²) in [6.45, 7) is 1.39. The average molecular weight is 143 g/mol. The van der Waals surface area contributed by atoms with Gasteiger partial charge >= 0.3 is 6.09 Å². The van der Waals surface area contributed by atoms with Crippen molar-refractivity contribution in [3.05, 3.63) is 0 Å². The molecule has 0 aromatic carbocycles. The number of carbonyl (C=O) groups excluding carboxylic acids is 2. The highest BCUT2D eigenvalue weighted by Gasteiger charge is 2.20. The standard InChI is InChI=1S/C6H9NO3/c8-4-5-10-6(9)7-2-1-3-7/h4H,1-3,5H2. The van der Waals surface area contributed by atoms with E-state index < -0.39 is 0 Å². The first-order chi connectivity index (χ1) is 4.84. The van der Waals surface area contributed by atoms with Gasteiger partial charge in [-0.2, -0.15) is 0 Å². The fourth-order valence-electron chi connectivity index (χ4n) is 0.695. The summed E-state index contributed by atoms with van der Waals surface area (Å²) < 4.78 is 4.51. The topological polar surface area (TPSA) is 46.6 Å². The lowest BCUT2D eigenvalue weighted by molar-refractivity contribution is -0.110. The molecule has 56 valence electrons. The Morgan fingerprint density at radius 3 is 2.70 bits per heavy atom. The molecule has 0 aromatic rings. The summed E-state index contributed by atoms with van der Waals surface area (Å²) in [7, 11) is 0. The van der Waals surface area contributed by atoms with Crippen LogP contribution in [0.4, 0.5) is 4.79 Å². The van der Waals surface area contributed by atoms with Crippen LogP contribution in [0.15, 0.2) is 0 Å². The maximum atomic E-state index is 10.7. The van der Waals surface area contributed by atoms with Crippen molar-refractivity contribution in [3.63, 3.8) is 0 Å². The van der Waals surface area contributed by atoms with Crippen molar-refractivity contribution in [3.8, 4) is 0 Å². The first-order valence-electron chi connectivity index (χ1n) is 3.20. The quantitative estimate of drug-likeness (QED) is 0.512. The first kappa shape index (κ1) is 7.05. The molecule has 4 nitrogen and oxygen atoms in total. The molecule has 1 heterocycles. The Morgan fingerprint density at radius 2 is 2.30 bits per heavy atom. The molecule has 0 saturated carbocycles. The van der Waals surface area contributed by atoms with Crippen LogP contribution in [0.1, 0.15) is 6.42 Å². The molecule has 1 rings (SSSR count). The third-order valence-corrected chi connectivity index (χ3v) is 1.39. The van der Waals surface area contributed by atoms with Gasteiger partial charge in [0.15, 0.2) is 6.29 Å². The second-order valence-electron chi connectivity index (χ2n) is 2.08. The van der Waals surface area contributed by atoms with E-state index in [1.165, 1.54) is 0 Å². The van der Waals surface area contributed by atoms with Crippen LogP contribution < -0.4 is 0 Å². The number of nitrogens with zero attached hydrogens (tertiary/aromatic N) is 1. The van der Waals surface area contributed by atoms with E-state index in [1.807, 2.05) is 0 Å². The van der Waals surface area contributed by atoms with Crippen LogP contribution in [0.25, 0.3) is 0 Å². The Bertz CT molecular complexity index is 142. The fraction of sp³-hybridized carbons (Fsp3) is 0.667. The Labute approximate surface area is 58.8 Å². The smallest absolute Gasteiger partial charge is 0.410 e. The lowest BCUT2D eigenvalue weighted by atomic mass is 10.2. The second kappa shape index (κ2) is 3.20. The summed E-state index contributed by atoms with van der Waals surface area (Å²) in [4.78, 5) is 22.0. The van der Waals surface area contributed by atoms with E-state index >= 15 is 0 Å². The van der Waals surface area contributed by atoms with Gasteiger partial charge in [-0.3, -0.25) is 4.79 Å². The normalized spacial score (nSPS) is 15.8. The van der Waals surface area contributed by atoms with Gasteiger partial charge in [-0.05, 0) is 6.42 Å². The maximum Gasteiger partial charge on any atom is 0.410 e. The molecule has 1 aliphatic heterocycles. The Kier molecular flexibility index (Phi) is 2.25. The van der Waals surface area contributed by atoms with Gasteiger partial charge in [-0.15, -0.1) is 0 Å². The maximum absolute atomic E-state index is 10.7. The molecule has 0 bridgehead atoms. The molecule has 0 unspecified atom stereocenters. The van der Waals surface area contributed by atoms with Crippen molar-refractivity contribution in [1.82, 2.24) is 4.90 Å². The Hall–Kier alpha value is -1.06. The lowest BCUT2D eigenvalue weighted by Gasteiger charge is -2.29. The third kappa shape index (κ3) is 1.46. The highest BCUT2D eigenvalue weighted by molar-refractivity contribution is 5.70. The molecule has 0 atom stereocenters. The number of carbonyl (C=O) groups is 2. The molecule has 0 aromatic heterocycles. The molecule has 0 aliphatic carbocycles. The van der Waals surface area contributed by atoms with Gasteiger partial charge < -0.3 is 9.64 Å². The summed E-state index contributed by atoms with van der Waals surface area (Å²) in [5.74, 6) is 0. The summed E-state index contributed by atoms with van der Waals surface area (Å²) in [5, 5.41) is 0. The molecule has 10 heavy (non-hydrogen) atoms. The van der Waals surface area contributed by atoms with Crippen LogP contribution in [0.5, 0.6) is 0 Å². The zero-order chi connectivity index (χ0) is 7.40. The van der Waals surface area contributed by atoms with Crippen molar-refractivity contribution >= 4 is 12.4 Å². The summed E-state index contributed by atoms with van der Waals surface area (Å²) in [6, 6.07) is 0. The highest BCUT2D eigenvalue weighted by Crippen LogP contribution is 2.06. The van der Waals surface area contributed by atoms with Crippen molar-refractivity contribution in [1.29, 1.82) is 0 Å². The Balaban J connectivity index is 2.13. The first-order valence-corrected chi connectivity index (χ1v) is 3.20. The molecule has 0 N–H and O–H groups in total. The van der Waals surface area contributed by atoms with Crippen LogP contribution in [-0.2, 0) is 9.53 Å². The Morgan fingerprint density at radius 1 is 1.60 bits per heavy atom. The van der Waals surface area contributed by atoms with E-state index in [9.17, 15) is 9.59 Å². The number of ether oxygens (including phenoxy) is 1. The van der Waals surface area contributed by atoms with Crippen LogP contribution >= 0.6 is 0 Å². The number of rotatable bonds is 2. The molecule has 4 heteroatoms. The largest absolute Gasteiger partial charge is 0.442 e. The number of hydrogen-bond acceptors (Lipinski definition) is 3. The molecule has 0 radical (unpaired) electrons. The van der Waals surface area contributed by atoms with Gasteiger partial charge in [-0.1, -0.05) is 0 Å². The summed E-state index contributed by atoms with van der Waals surface area (Å²) in [5.41, 5.74) is 0. The molecule has 0 spiro atoms. The molecule has 1 amide bonds. The van der Waals surface area contributed by atoms with Crippen molar-refractivity contribution in [2.75, 3.05) is 19.7 Å². The molecular weight excluding hydrogens is 134 g/mol. The number of aldehydes is 1. The fourth-order valence-corrected chi connectivity index (χ4v) is 0.695. The van der Waals surface area contributed by atoms with Gasteiger partial charge in [0.2, 0.25) is 0 Å². The second-order valence-corrected chi connectivity index (χ2v) is 2.08. The zero-order valence-corrected chi connectivity index (χ0v) is 5.58. The average Bonchev–Trinajstić information content (AvgIpc) is 1.79. The van der Waals surface area contributed by atoms with Gasteiger partial charge in [0.1, 0.15) is 6.61 Å². The van der Waals surface area contributed by atoms with E-state index in [0.717, 1.165) is 19.5 Å². The van der Waals surface area contributed by atoms with Gasteiger partial charge in [0, 0.05) is 13.1 Å². The van der Waals surface area contributed by atoms with Gasteiger partial charge in [-0.25, -0.2) is 4.79 Å². The number of hydrogen-bond donors (Lipinski definition) is 0. The van der Waals surface area contributed by atoms with Crippen LogP contribution in [0, 0.1) is 0 Å². The number of likely N-dealkylation sites (tertiary alicyclic amines) is 1. The van der Waals surface area contributed by atoms with Gasteiger partial charge in [0.25, 0.3) is 0 Å². The molecule has 1 aliphatic rings. The molecule has 1 fully saturated rings. The monoisotopic (exact) mass is 143 g/mol. The van der Waals surface area contributed by atoms with Crippen molar-refractivity contribution in [2.24, 2.45) is 0 Å². The third-order valence-electron chi connectivity index (χ3n) is 1.39. The minimum atomic E-state index is -0.377. The zero-order valence-electron chi connectivity index (χ0n) is 5.58. The molecular formula is C6H9NO3. The van der Waals surface area contributed by atoms with Crippen molar-refractivity contribution < 1.29 is 14.3 Å². The van der Waals surface area contributed by atoms with Crippen molar-refractivity contribution in [2.45, 2.75) is 6.42 Å². The summed E-state index contributed by atoms with van der Waals surface area (Å²) in [6.07, 6.45) is 1.23. The highest BCUT2D eigenvalue weighted by atomic mass is 16.6. The van der Waals surface area contributed by atoms with E-state index in [0.29, 0.717) is 6.29 Å². The van der Waals surface area contributed by atoms with E-state index in [2.05, 4.69) is 4.74 Å². The minimum absolute atomic E-state index is 0.130. The van der Waals surface area contributed by atoms with Crippen LogP contribution in [0.2, 0.25) is 0 Å².